The number of imidazole rings is 1. The van der Waals surface area contributed by atoms with E-state index in [4.69, 9.17) is 0 Å². The molecule has 0 saturated carbocycles. The fourth-order valence-electron chi connectivity index (χ4n) is 1.48. The first kappa shape index (κ1) is 8.55. The zero-order valence-corrected chi connectivity index (χ0v) is 8.88. The Morgan fingerprint density at radius 1 is 1.40 bits per heavy atom. The number of hydrogen-bond acceptors (Lipinski definition) is 4. The molecule has 0 bridgehead atoms. The highest BCUT2D eigenvalue weighted by Crippen LogP contribution is 2.27. The minimum atomic E-state index is 0.716. The second kappa shape index (κ2) is 3.13. The van der Waals surface area contributed by atoms with Crippen LogP contribution in [-0.2, 0) is 0 Å². The van der Waals surface area contributed by atoms with Crippen molar-refractivity contribution in [3.63, 3.8) is 0 Å². The van der Waals surface area contributed by atoms with Gasteiger partial charge in [0.05, 0.1) is 11.1 Å². The average Bonchev–Trinajstić information content (AvgIpc) is 2.82. The Hall–Kier alpha value is -1.75. The standard InChI is InChI=1S/C10H8N4S/c1-6-2-3-15-8(6)10-13-7-4-11-5-12-9(7)14-10/h2-5H,1H3,(H,11,12,13,14). The fourth-order valence-corrected chi connectivity index (χ4v) is 2.36. The van der Waals surface area contributed by atoms with Gasteiger partial charge in [-0.3, -0.25) is 0 Å². The van der Waals surface area contributed by atoms with Gasteiger partial charge in [-0.05, 0) is 23.9 Å². The predicted octanol–water partition coefficient (Wildman–Crippen LogP) is 2.39. The van der Waals surface area contributed by atoms with Crippen molar-refractivity contribution in [2.24, 2.45) is 0 Å². The fraction of sp³-hybridized carbons (Fsp3) is 0.100. The quantitative estimate of drug-likeness (QED) is 0.679. The minimum Gasteiger partial charge on any atom is -0.335 e. The van der Waals surface area contributed by atoms with Crippen LogP contribution in [0.25, 0.3) is 21.9 Å². The van der Waals surface area contributed by atoms with Gasteiger partial charge in [0, 0.05) is 0 Å². The molecule has 15 heavy (non-hydrogen) atoms. The third-order valence-corrected chi connectivity index (χ3v) is 3.26. The summed E-state index contributed by atoms with van der Waals surface area (Å²) < 4.78 is 0. The topological polar surface area (TPSA) is 54.5 Å². The third-order valence-electron chi connectivity index (χ3n) is 2.24. The van der Waals surface area contributed by atoms with Crippen LogP contribution in [0.4, 0.5) is 0 Å². The summed E-state index contributed by atoms with van der Waals surface area (Å²) in [6, 6.07) is 2.08. The van der Waals surface area contributed by atoms with Crippen molar-refractivity contribution in [2.45, 2.75) is 6.92 Å². The number of hydrogen-bond donors (Lipinski definition) is 1. The van der Waals surface area contributed by atoms with Crippen LogP contribution >= 0.6 is 11.3 Å². The summed E-state index contributed by atoms with van der Waals surface area (Å²) in [7, 11) is 0. The highest BCUT2D eigenvalue weighted by atomic mass is 32.1. The number of nitrogens with zero attached hydrogens (tertiary/aromatic N) is 3. The molecule has 3 heterocycles. The summed E-state index contributed by atoms with van der Waals surface area (Å²) in [4.78, 5) is 16.8. The number of aromatic amines is 1. The maximum Gasteiger partial charge on any atom is 0.181 e. The average molecular weight is 216 g/mol. The Morgan fingerprint density at radius 3 is 3.07 bits per heavy atom. The van der Waals surface area contributed by atoms with Gasteiger partial charge >= 0.3 is 0 Å². The van der Waals surface area contributed by atoms with Crippen LogP contribution in [0.3, 0.4) is 0 Å². The molecule has 5 heteroatoms. The Labute approximate surface area is 90.0 Å². The lowest BCUT2D eigenvalue weighted by Gasteiger charge is -1.91. The molecule has 0 spiro atoms. The van der Waals surface area contributed by atoms with E-state index in [-0.39, 0.29) is 0 Å². The lowest BCUT2D eigenvalue weighted by atomic mass is 10.3. The van der Waals surface area contributed by atoms with Crippen LogP contribution in [-0.4, -0.2) is 19.9 Å². The van der Waals surface area contributed by atoms with E-state index < -0.39 is 0 Å². The van der Waals surface area contributed by atoms with Crippen LogP contribution in [0.1, 0.15) is 5.56 Å². The van der Waals surface area contributed by atoms with E-state index in [1.165, 1.54) is 11.9 Å². The molecule has 0 aliphatic carbocycles. The van der Waals surface area contributed by atoms with Crippen LogP contribution in [0, 0.1) is 6.92 Å². The van der Waals surface area contributed by atoms with Gasteiger partial charge in [-0.15, -0.1) is 11.3 Å². The molecule has 0 radical (unpaired) electrons. The van der Waals surface area contributed by atoms with E-state index in [0.29, 0.717) is 5.65 Å². The molecule has 0 atom stereocenters. The zero-order chi connectivity index (χ0) is 10.3. The first-order valence-corrected chi connectivity index (χ1v) is 5.43. The summed E-state index contributed by atoms with van der Waals surface area (Å²) in [5.74, 6) is 0.873. The Bertz CT molecular complexity index is 577. The van der Waals surface area contributed by atoms with E-state index in [2.05, 4.69) is 38.3 Å². The van der Waals surface area contributed by atoms with Gasteiger partial charge in [-0.25, -0.2) is 15.0 Å². The van der Waals surface area contributed by atoms with Gasteiger partial charge in [0.2, 0.25) is 0 Å². The number of fused-ring (bicyclic) bond motifs is 1. The van der Waals surface area contributed by atoms with Crippen molar-refractivity contribution in [1.29, 1.82) is 0 Å². The largest absolute Gasteiger partial charge is 0.335 e. The van der Waals surface area contributed by atoms with Crippen molar-refractivity contribution >= 4 is 22.5 Å². The normalized spacial score (nSPS) is 11.0. The second-order valence-corrected chi connectivity index (χ2v) is 4.19. The van der Waals surface area contributed by atoms with Crippen molar-refractivity contribution in [3.8, 4) is 10.7 Å². The van der Waals surface area contributed by atoms with E-state index in [0.717, 1.165) is 16.2 Å². The molecule has 1 N–H and O–H groups in total. The van der Waals surface area contributed by atoms with E-state index in [1.807, 2.05) is 0 Å². The van der Waals surface area contributed by atoms with E-state index in [1.54, 1.807) is 17.5 Å². The maximum atomic E-state index is 4.42. The van der Waals surface area contributed by atoms with Gasteiger partial charge in [0.25, 0.3) is 0 Å². The SMILES string of the molecule is Cc1ccsc1-c1nc2ncncc2[nH]1. The van der Waals surface area contributed by atoms with Crippen LogP contribution in [0.2, 0.25) is 0 Å². The molecule has 0 aliphatic heterocycles. The first-order valence-electron chi connectivity index (χ1n) is 4.55. The van der Waals surface area contributed by atoms with Crippen molar-refractivity contribution in [3.05, 3.63) is 29.5 Å². The highest BCUT2D eigenvalue weighted by Gasteiger charge is 2.09. The Morgan fingerprint density at radius 2 is 2.33 bits per heavy atom. The molecule has 0 saturated heterocycles. The monoisotopic (exact) mass is 216 g/mol. The lowest BCUT2D eigenvalue weighted by molar-refractivity contribution is 1.20. The van der Waals surface area contributed by atoms with Gasteiger partial charge in [-0.1, -0.05) is 0 Å². The minimum absolute atomic E-state index is 0.716. The lowest BCUT2D eigenvalue weighted by Crippen LogP contribution is -1.77. The summed E-state index contributed by atoms with van der Waals surface area (Å²) in [5.41, 5.74) is 2.82. The van der Waals surface area contributed by atoms with Gasteiger partial charge in [-0.2, -0.15) is 0 Å². The van der Waals surface area contributed by atoms with Gasteiger partial charge in [0.1, 0.15) is 11.8 Å². The molecular formula is C10H8N4S. The van der Waals surface area contributed by atoms with E-state index in [9.17, 15) is 0 Å². The molecule has 3 aromatic heterocycles. The molecule has 0 unspecified atom stereocenters. The first-order chi connectivity index (χ1) is 7.34. The summed E-state index contributed by atoms with van der Waals surface area (Å²) in [6.45, 7) is 2.07. The Balaban J connectivity index is 2.24. The number of H-pyrrole nitrogens is 1. The molecule has 3 rings (SSSR count). The molecule has 74 valence electrons. The molecular weight excluding hydrogens is 208 g/mol. The van der Waals surface area contributed by atoms with E-state index >= 15 is 0 Å². The number of aryl methyl sites for hydroxylation is 1. The zero-order valence-electron chi connectivity index (χ0n) is 8.06. The molecule has 0 aliphatic rings. The molecule has 4 nitrogen and oxygen atoms in total. The molecule has 0 amide bonds. The third kappa shape index (κ3) is 1.32. The summed E-state index contributed by atoms with van der Waals surface area (Å²) in [6.07, 6.45) is 3.25. The second-order valence-electron chi connectivity index (χ2n) is 3.28. The van der Waals surface area contributed by atoms with Crippen LogP contribution < -0.4 is 0 Å². The summed E-state index contributed by atoms with van der Waals surface area (Å²) >= 11 is 1.68. The molecule has 0 fully saturated rings. The maximum absolute atomic E-state index is 4.42. The number of nitrogens with one attached hydrogen (secondary N) is 1. The van der Waals surface area contributed by atoms with Gasteiger partial charge < -0.3 is 4.98 Å². The number of rotatable bonds is 1. The number of thiophene rings is 1. The molecule has 3 aromatic rings. The highest BCUT2D eigenvalue weighted by molar-refractivity contribution is 7.13. The molecule has 0 aromatic carbocycles. The van der Waals surface area contributed by atoms with Gasteiger partial charge in [0.15, 0.2) is 11.5 Å². The predicted molar refractivity (Wildman–Crippen MR) is 59.7 cm³/mol. The van der Waals surface area contributed by atoms with Crippen molar-refractivity contribution in [2.75, 3.05) is 0 Å². The van der Waals surface area contributed by atoms with Crippen LogP contribution in [0.5, 0.6) is 0 Å². The number of aromatic nitrogens is 4. The summed E-state index contributed by atoms with van der Waals surface area (Å²) in [5, 5.41) is 2.06. The van der Waals surface area contributed by atoms with Crippen molar-refractivity contribution in [1.82, 2.24) is 19.9 Å². The Kier molecular flexibility index (Phi) is 1.78. The smallest absolute Gasteiger partial charge is 0.181 e. The van der Waals surface area contributed by atoms with Crippen molar-refractivity contribution < 1.29 is 0 Å². The van der Waals surface area contributed by atoms with Crippen LogP contribution in [0.15, 0.2) is 24.0 Å².